The van der Waals surface area contributed by atoms with E-state index in [0.717, 1.165) is 16.0 Å². The summed E-state index contributed by atoms with van der Waals surface area (Å²) in [6, 6.07) is 15.2. The van der Waals surface area contributed by atoms with E-state index in [4.69, 9.17) is 4.74 Å². The Balaban J connectivity index is 1.53. The highest BCUT2D eigenvalue weighted by molar-refractivity contribution is 8.00. The molecule has 0 unspecified atom stereocenters. The van der Waals surface area contributed by atoms with Crippen LogP contribution < -0.4 is 10.2 Å². The number of hydrogen-bond acceptors (Lipinski definition) is 5. The van der Waals surface area contributed by atoms with Crippen LogP contribution in [-0.4, -0.2) is 36.2 Å². The fourth-order valence-corrected chi connectivity index (χ4v) is 3.72. The van der Waals surface area contributed by atoms with Crippen molar-refractivity contribution in [2.75, 3.05) is 17.2 Å². The third-order valence-corrected chi connectivity index (χ3v) is 5.41. The minimum absolute atomic E-state index is 0.155. The van der Waals surface area contributed by atoms with Crippen molar-refractivity contribution in [3.8, 4) is 0 Å². The molecule has 0 fully saturated rings. The fourth-order valence-electron chi connectivity index (χ4n) is 2.78. The van der Waals surface area contributed by atoms with Gasteiger partial charge in [-0.3, -0.25) is 19.3 Å². The van der Waals surface area contributed by atoms with Gasteiger partial charge in [-0.15, -0.1) is 11.8 Å². The van der Waals surface area contributed by atoms with Crippen LogP contribution in [0.3, 0.4) is 0 Å². The van der Waals surface area contributed by atoms with Crippen LogP contribution in [-0.2, 0) is 25.7 Å². The monoisotopic (exact) mass is 398 g/mol. The number of esters is 1. The number of fused-ring (bicyclic) bond motifs is 1. The third-order valence-electron chi connectivity index (χ3n) is 4.36. The zero-order valence-electron chi connectivity index (χ0n) is 15.8. The van der Waals surface area contributed by atoms with E-state index in [1.54, 1.807) is 6.07 Å². The lowest BCUT2D eigenvalue weighted by Gasteiger charge is -2.28. The predicted molar refractivity (Wildman–Crippen MR) is 108 cm³/mol. The van der Waals surface area contributed by atoms with Gasteiger partial charge in [0.1, 0.15) is 6.54 Å². The molecule has 0 saturated heterocycles. The summed E-state index contributed by atoms with van der Waals surface area (Å²) in [5.74, 6) is -0.878. The maximum atomic E-state index is 12.3. The van der Waals surface area contributed by atoms with Gasteiger partial charge in [-0.05, 0) is 31.5 Å². The van der Waals surface area contributed by atoms with Crippen LogP contribution in [0.1, 0.15) is 18.1 Å². The molecule has 0 spiro atoms. The molecule has 0 bridgehead atoms. The first kappa shape index (κ1) is 19.9. The molecule has 1 aliphatic rings. The topological polar surface area (TPSA) is 75.7 Å². The first-order chi connectivity index (χ1) is 13.4. The summed E-state index contributed by atoms with van der Waals surface area (Å²) in [5, 5.41) is 2.75. The summed E-state index contributed by atoms with van der Waals surface area (Å²) >= 11 is 1.44. The number of carbonyl (C=O) groups excluding carboxylic acids is 3. The standard InChI is InChI=1S/C21H22N2O4S/c1-14-7-9-16(10-8-14)11-22-21(26)15(2)27-20(25)12-23-17-5-3-4-6-18(17)28-13-19(23)24/h3-10,15H,11-13H2,1-2H3,(H,22,26)/t15-/m0/s1. The number of para-hydroxylation sites is 1. The van der Waals surface area contributed by atoms with E-state index in [-0.39, 0.29) is 24.1 Å². The molecule has 1 atom stereocenters. The Morgan fingerprint density at radius 3 is 2.64 bits per heavy atom. The summed E-state index contributed by atoms with van der Waals surface area (Å²) < 4.78 is 5.23. The lowest BCUT2D eigenvalue weighted by molar-refractivity contribution is -0.153. The Bertz CT molecular complexity index is 882. The van der Waals surface area contributed by atoms with Crippen LogP contribution >= 0.6 is 11.8 Å². The Morgan fingerprint density at radius 1 is 1.18 bits per heavy atom. The zero-order valence-corrected chi connectivity index (χ0v) is 16.6. The van der Waals surface area contributed by atoms with Crippen LogP contribution in [0.4, 0.5) is 5.69 Å². The van der Waals surface area contributed by atoms with Crippen LogP contribution in [0.2, 0.25) is 0 Å². The SMILES string of the molecule is Cc1ccc(CNC(=O)[C@H](C)OC(=O)CN2C(=O)CSc3ccccc32)cc1. The van der Waals surface area contributed by atoms with Crippen molar-refractivity contribution >= 4 is 35.2 Å². The fraction of sp³-hybridized carbons (Fsp3) is 0.286. The molecule has 0 aliphatic carbocycles. The number of ether oxygens (including phenoxy) is 1. The van der Waals surface area contributed by atoms with Gasteiger partial charge >= 0.3 is 5.97 Å². The van der Waals surface area contributed by atoms with E-state index >= 15 is 0 Å². The number of nitrogens with one attached hydrogen (secondary N) is 1. The van der Waals surface area contributed by atoms with Crippen LogP contribution in [0.25, 0.3) is 0 Å². The number of amides is 2. The smallest absolute Gasteiger partial charge is 0.326 e. The van der Waals surface area contributed by atoms with Crippen molar-refractivity contribution < 1.29 is 19.1 Å². The number of carbonyl (C=O) groups is 3. The number of benzene rings is 2. The minimum atomic E-state index is -0.942. The van der Waals surface area contributed by atoms with E-state index in [9.17, 15) is 14.4 Å². The lowest BCUT2D eigenvalue weighted by Crippen LogP contribution is -2.42. The molecule has 6 nitrogen and oxygen atoms in total. The molecule has 0 aromatic heterocycles. The Hall–Kier alpha value is -2.80. The largest absolute Gasteiger partial charge is 0.451 e. The second kappa shape index (κ2) is 8.93. The van der Waals surface area contributed by atoms with Gasteiger partial charge < -0.3 is 10.1 Å². The van der Waals surface area contributed by atoms with Crippen molar-refractivity contribution in [3.05, 3.63) is 59.7 Å². The van der Waals surface area contributed by atoms with E-state index in [2.05, 4.69) is 5.32 Å². The van der Waals surface area contributed by atoms with Gasteiger partial charge in [0.2, 0.25) is 5.91 Å². The lowest BCUT2D eigenvalue weighted by atomic mass is 10.1. The summed E-state index contributed by atoms with van der Waals surface area (Å²) in [5.41, 5.74) is 2.80. The number of thioether (sulfide) groups is 1. The van der Waals surface area contributed by atoms with Gasteiger partial charge in [0, 0.05) is 11.4 Å². The molecule has 146 valence electrons. The quantitative estimate of drug-likeness (QED) is 0.757. The Kier molecular flexibility index (Phi) is 6.36. The highest BCUT2D eigenvalue weighted by Crippen LogP contribution is 2.34. The molecule has 0 radical (unpaired) electrons. The van der Waals surface area contributed by atoms with Crippen LogP contribution in [0, 0.1) is 6.92 Å². The maximum Gasteiger partial charge on any atom is 0.326 e. The highest BCUT2D eigenvalue weighted by Gasteiger charge is 2.28. The number of nitrogens with zero attached hydrogens (tertiary/aromatic N) is 1. The van der Waals surface area contributed by atoms with E-state index in [1.165, 1.54) is 23.6 Å². The van der Waals surface area contributed by atoms with Gasteiger partial charge in [0.05, 0.1) is 11.4 Å². The van der Waals surface area contributed by atoms with Gasteiger partial charge in [0.25, 0.3) is 5.91 Å². The average molecular weight is 398 g/mol. The zero-order chi connectivity index (χ0) is 20.1. The second-order valence-corrected chi connectivity index (χ2v) is 7.59. The summed E-state index contributed by atoms with van der Waals surface area (Å²) in [7, 11) is 0. The number of rotatable bonds is 6. The molecular formula is C21H22N2O4S. The van der Waals surface area contributed by atoms with Crippen molar-refractivity contribution in [2.24, 2.45) is 0 Å². The molecule has 2 aromatic carbocycles. The van der Waals surface area contributed by atoms with E-state index in [1.807, 2.05) is 49.4 Å². The van der Waals surface area contributed by atoms with Crippen LogP contribution in [0.5, 0.6) is 0 Å². The number of aryl methyl sites for hydroxylation is 1. The normalized spacial score (nSPS) is 14.2. The van der Waals surface area contributed by atoms with Gasteiger partial charge in [-0.1, -0.05) is 42.0 Å². The molecular weight excluding hydrogens is 376 g/mol. The first-order valence-electron chi connectivity index (χ1n) is 8.99. The number of hydrogen-bond donors (Lipinski definition) is 1. The van der Waals surface area contributed by atoms with Gasteiger partial charge in [-0.25, -0.2) is 0 Å². The van der Waals surface area contributed by atoms with Crippen LogP contribution in [0.15, 0.2) is 53.4 Å². The summed E-state index contributed by atoms with van der Waals surface area (Å²) in [6.07, 6.45) is -0.942. The summed E-state index contributed by atoms with van der Waals surface area (Å²) in [4.78, 5) is 39.1. The molecule has 1 heterocycles. The third kappa shape index (κ3) is 4.92. The van der Waals surface area contributed by atoms with E-state index in [0.29, 0.717) is 12.2 Å². The van der Waals surface area contributed by atoms with Gasteiger partial charge in [-0.2, -0.15) is 0 Å². The minimum Gasteiger partial charge on any atom is -0.451 e. The summed E-state index contributed by atoms with van der Waals surface area (Å²) in [6.45, 7) is 3.65. The average Bonchev–Trinajstić information content (AvgIpc) is 2.69. The van der Waals surface area contributed by atoms with Gasteiger partial charge in [0.15, 0.2) is 6.10 Å². The van der Waals surface area contributed by atoms with Crippen molar-refractivity contribution in [2.45, 2.75) is 31.4 Å². The second-order valence-electron chi connectivity index (χ2n) is 6.57. The molecule has 2 amide bonds. The molecule has 0 saturated carbocycles. The molecule has 1 aliphatic heterocycles. The van der Waals surface area contributed by atoms with Crippen molar-refractivity contribution in [3.63, 3.8) is 0 Å². The molecule has 28 heavy (non-hydrogen) atoms. The Morgan fingerprint density at radius 2 is 1.89 bits per heavy atom. The van der Waals surface area contributed by atoms with E-state index < -0.39 is 12.1 Å². The first-order valence-corrected chi connectivity index (χ1v) is 9.97. The highest BCUT2D eigenvalue weighted by atomic mass is 32.2. The van der Waals surface area contributed by atoms with Crippen molar-refractivity contribution in [1.82, 2.24) is 5.32 Å². The predicted octanol–water partition coefficient (Wildman–Crippen LogP) is 2.68. The number of anilines is 1. The maximum absolute atomic E-state index is 12.3. The molecule has 3 rings (SSSR count). The molecule has 7 heteroatoms. The Labute approximate surface area is 168 Å². The van der Waals surface area contributed by atoms with Crippen molar-refractivity contribution in [1.29, 1.82) is 0 Å². The molecule has 2 aromatic rings. The molecule has 1 N–H and O–H groups in total.